The fourth-order valence-electron chi connectivity index (χ4n) is 2.73. The van der Waals surface area contributed by atoms with Gasteiger partial charge in [0.05, 0.1) is 30.7 Å². The van der Waals surface area contributed by atoms with Crippen molar-refractivity contribution in [2.24, 2.45) is 5.92 Å². The Balaban J connectivity index is 1.92. The molecule has 0 N–H and O–H groups in total. The van der Waals surface area contributed by atoms with Crippen molar-refractivity contribution >= 4 is 5.91 Å². The highest BCUT2D eigenvalue weighted by Gasteiger charge is 2.46. The summed E-state index contributed by atoms with van der Waals surface area (Å²) >= 11 is 0. The maximum Gasteiger partial charge on any atom is 0.224 e. The van der Waals surface area contributed by atoms with Crippen LogP contribution < -0.4 is 0 Å². The van der Waals surface area contributed by atoms with Crippen LogP contribution in [0.3, 0.4) is 0 Å². The van der Waals surface area contributed by atoms with Gasteiger partial charge in [-0.05, 0) is 13.8 Å². The average molecular weight is 251 g/mol. The molecule has 0 aromatic carbocycles. The maximum atomic E-state index is 12.0. The second-order valence-electron chi connectivity index (χ2n) is 5.54. The minimum Gasteiger partial charge on any atom is -0.379 e. The van der Waals surface area contributed by atoms with E-state index in [9.17, 15) is 4.79 Å². The van der Waals surface area contributed by atoms with E-state index in [-0.39, 0.29) is 17.4 Å². The lowest BCUT2D eigenvalue weighted by atomic mass is 9.90. The molecule has 2 rings (SSSR count). The van der Waals surface area contributed by atoms with Crippen molar-refractivity contribution in [2.45, 2.75) is 25.8 Å². The van der Waals surface area contributed by atoms with E-state index in [1.54, 1.807) is 0 Å². The van der Waals surface area contributed by atoms with Gasteiger partial charge in [0.2, 0.25) is 5.91 Å². The monoisotopic (exact) mass is 251 g/mol. The first-order valence-electron chi connectivity index (χ1n) is 6.56. The number of nitriles is 1. The first-order chi connectivity index (χ1) is 8.55. The minimum absolute atomic E-state index is 0.111. The van der Waals surface area contributed by atoms with Crippen molar-refractivity contribution in [3.63, 3.8) is 0 Å². The summed E-state index contributed by atoms with van der Waals surface area (Å²) in [7, 11) is 0. The molecule has 2 fully saturated rings. The van der Waals surface area contributed by atoms with Gasteiger partial charge in [-0.2, -0.15) is 5.26 Å². The number of amides is 1. The van der Waals surface area contributed by atoms with Gasteiger partial charge in [0, 0.05) is 32.6 Å². The summed E-state index contributed by atoms with van der Waals surface area (Å²) in [6.07, 6.45) is 0.368. The molecule has 0 spiro atoms. The Hall–Kier alpha value is -1.12. The number of hydrogen-bond acceptors (Lipinski definition) is 4. The quantitative estimate of drug-likeness (QED) is 0.731. The summed E-state index contributed by atoms with van der Waals surface area (Å²) in [6.45, 7) is 8.99. The number of carbonyl (C=O) groups excluding carboxylic acids is 1. The molecule has 5 nitrogen and oxygen atoms in total. The van der Waals surface area contributed by atoms with Gasteiger partial charge in [0.25, 0.3) is 0 Å². The third-order valence-corrected chi connectivity index (χ3v) is 4.13. The van der Waals surface area contributed by atoms with E-state index in [1.165, 1.54) is 0 Å². The Morgan fingerprint density at radius 2 is 2.06 bits per heavy atom. The molecule has 0 radical (unpaired) electrons. The zero-order chi connectivity index (χ0) is 13.2. The minimum atomic E-state index is -0.335. The Kier molecular flexibility index (Phi) is 3.88. The van der Waals surface area contributed by atoms with Gasteiger partial charge in [-0.1, -0.05) is 0 Å². The van der Waals surface area contributed by atoms with Gasteiger partial charge >= 0.3 is 0 Å². The van der Waals surface area contributed by atoms with E-state index < -0.39 is 0 Å². The van der Waals surface area contributed by atoms with Crippen molar-refractivity contribution in [3.05, 3.63) is 0 Å². The highest BCUT2D eigenvalue weighted by atomic mass is 16.5. The summed E-state index contributed by atoms with van der Waals surface area (Å²) in [5.74, 6) is -0.0745. The molecule has 2 aliphatic heterocycles. The summed E-state index contributed by atoms with van der Waals surface area (Å²) in [6, 6.07) is 2.26. The molecule has 2 aliphatic rings. The van der Waals surface area contributed by atoms with Crippen LogP contribution in [0.2, 0.25) is 0 Å². The lowest BCUT2D eigenvalue weighted by Crippen LogP contribution is -2.48. The van der Waals surface area contributed by atoms with Crippen LogP contribution in [0.25, 0.3) is 0 Å². The van der Waals surface area contributed by atoms with Crippen LogP contribution in [0.1, 0.15) is 20.3 Å². The Labute approximate surface area is 108 Å². The van der Waals surface area contributed by atoms with Crippen molar-refractivity contribution in [1.29, 1.82) is 5.26 Å². The zero-order valence-corrected chi connectivity index (χ0v) is 11.2. The molecule has 1 unspecified atom stereocenters. The molecule has 0 bridgehead atoms. The van der Waals surface area contributed by atoms with E-state index in [0.717, 1.165) is 32.8 Å². The number of morpholine rings is 1. The largest absolute Gasteiger partial charge is 0.379 e. The predicted molar refractivity (Wildman–Crippen MR) is 66.8 cm³/mol. The first kappa shape index (κ1) is 13.3. The summed E-state index contributed by atoms with van der Waals surface area (Å²) in [5, 5.41) is 9.10. The molecule has 0 aliphatic carbocycles. The first-order valence-corrected chi connectivity index (χ1v) is 6.56. The van der Waals surface area contributed by atoms with E-state index >= 15 is 0 Å². The molecule has 18 heavy (non-hydrogen) atoms. The number of likely N-dealkylation sites (tertiary alicyclic amines) is 1. The lowest BCUT2D eigenvalue weighted by molar-refractivity contribution is -0.130. The van der Waals surface area contributed by atoms with Crippen LogP contribution in [0.5, 0.6) is 0 Å². The Morgan fingerprint density at radius 3 is 2.61 bits per heavy atom. The SMILES string of the molecule is CC1(C)C(C#N)CC(=O)N1CCN1CCOCC1. The van der Waals surface area contributed by atoms with Crippen LogP contribution >= 0.6 is 0 Å². The molecule has 1 atom stereocenters. The summed E-state index contributed by atoms with van der Waals surface area (Å²) < 4.78 is 5.30. The van der Waals surface area contributed by atoms with Crippen molar-refractivity contribution in [3.8, 4) is 6.07 Å². The summed E-state index contributed by atoms with van der Waals surface area (Å²) in [5.41, 5.74) is -0.335. The number of ether oxygens (including phenoxy) is 1. The fraction of sp³-hybridized carbons (Fsp3) is 0.846. The predicted octanol–water partition coefficient (Wildman–Crippen LogP) is 0.469. The number of rotatable bonds is 3. The molecule has 0 saturated carbocycles. The van der Waals surface area contributed by atoms with Crippen LogP contribution in [0, 0.1) is 17.2 Å². The lowest BCUT2D eigenvalue weighted by Gasteiger charge is -2.36. The van der Waals surface area contributed by atoms with Crippen LogP contribution in [0.15, 0.2) is 0 Å². The molecule has 2 heterocycles. The van der Waals surface area contributed by atoms with Crippen LogP contribution in [-0.2, 0) is 9.53 Å². The number of hydrogen-bond donors (Lipinski definition) is 0. The van der Waals surface area contributed by atoms with Crippen molar-refractivity contribution < 1.29 is 9.53 Å². The van der Waals surface area contributed by atoms with E-state index in [0.29, 0.717) is 13.0 Å². The molecule has 5 heteroatoms. The standard InChI is InChI=1S/C13H21N3O2/c1-13(2)11(10-14)9-12(17)16(13)4-3-15-5-7-18-8-6-15/h11H,3-9H2,1-2H3. The smallest absolute Gasteiger partial charge is 0.224 e. The molecule has 0 aromatic rings. The van der Waals surface area contributed by atoms with Gasteiger partial charge in [-0.3, -0.25) is 9.69 Å². The molecule has 2 saturated heterocycles. The Bertz CT molecular complexity index is 356. The van der Waals surface area contributed by atoms with E-state index in [2.05, 4.69) is 11.0 Å². The second kappa shape index (κ2) is 5.25. The van der Waals surface area contributed by atoms with Crippen LogP contribution in [-0.4, -0.2) is 60.6 Å². The number of carbonyl (C=O) groups is 1. The van der Waals surface area contributed by atoms with Gasteiger partial charge in [0.1, 0.15) is 0 Å². The Morgan fingerprint density at radius 1 is 1.39 bits per heavy atom. The number of nitrogens with zero attached hydrogens (tertiary/aromatic N) is 3. The van der Waals surface area contributed by atoms with Gasteiger partial charge < -0.3 is 9.64 Å². The summed E-state index contributed by atoms with van der Waals surface area (Å²) in [4.78, 5) is 16.1. The van der Waals surface area contributed by atoms with Gasteiger partial charge in [0.15, 0.2) is 0 Å². The van der Waals surface area contributed by atoms with Crippen molar-refractivity contribution in [2.75, 3.05) is 39.4 Å². The molecule has 0 aromatic heterocycles. The van der Waals surface area contributed by atoms with Gasteiger partial charge in [-0.25, -0.2) is 0 Å². The average Bonchev–Trinajstić information content (AvgIpc) is 2.58. The second-order valence-corrected chi connectivity index (χ2v) is 5.54. The highest BCUT2D eigenvalue weighted by molar-refractivity contribution is 5.80. The highest BCUT2D eigenvalue weighted by Crippen LogP contribution is 2.34. The topological polar surface area (TPSA) is 56.6 Å². The molecule has 1 amide bonds. The molecule has 100 valence electrons. The van der Waals surface area contributed by atoms with E-state index in [1.807, 2.05) is 18.7 Å². The normalized spacial score (nSPS) is 28.4. The third-order valence-electron chi connectivity index (χ3n) is 4.13. The third kappa shape index (κ3) is 2.50. The van der Waals surface area contributed by atoms with Crippen LogP contribution in [0.4, 0.5) is 0 Å². The van der Waals surface area contributed by atoms with E-state index in [4.69, 9.17) is 10.00 Å². The van der Waals surface area contributed by atoms with Gasteiger partial charge in [-0.15, -0.1) is 0 Å². The fourth-order valence-corrected chi connectivity index (χ4v) is 2.73. The molecular formula is C13H21N3O2. The maximum absolute atomic E-state index is 12.0. The molecular weight excluding hydrogens is 230 g/mol. The zero-order valence-electron chi connectivity index (χ0n) is 11.2. The van der Waals surface area contributed by atoms with Crippen molar-refractivity contribution in [1.82, 2.24) is 9.80 Å².